The zero-order valence-corrected chi connectivity index (χ0v) is 9.25. The van der Waals surface area contributed by atoms with E-state index in [1.807, 2.05) is 13.0 Å². The van der Waals surface area contributed by atoms with Crippen LogP contribution in [-0.2, 0) is 4.79 Å². The SMILES string of the molecule is Cc1ccc2c(c1)C(=O)C(=O)N2CCN=[N+]=[N-]. The van der Waals surface area contributed by atoms with E-state index in [4.69, 9.17) is 5.53 Å². The molecule has 0 fully saturated rings. The molecule has 0 N–H and O–H groups in total. The first-order chi connectivity index (χ1) is 8.15. The van der Waals surface area contributed by atoms with Gasteiger partial charge in [0.15, 0.2) is 0 Å². The number of ketones is 1. The van der Waals surface area contributed by atoms with Crippen molar-refractivity contribution >= 4 is 17.4 Å². The molecule has 0 radical (unpaired) electrons. The van der Waals surface area contributed by atoms with Gasteiger partial charge in [0.2, 0.25) is 0 Å². The van der Waals surface area contributed by atoms with Crippen LogP contribution in [0.5, 0.6) is 0 Å². The molecule has 2 rings (SSSR count). The highest BCUT2D eigenvalue weighted by atomic mass is 16.2. The Kier molecular flexibility index (Phi) is 2.80. The fourth-order valence-electron chi connectivity index (χ4n) is 1.83. The Bertz CT molecular complexity index is 546. The van der Waals surface area contributed by atoms with Gasteiger partial charge in [0, 0.05) is 18.0 Å². The van der Waals surface area contributed by atoms with Crippen molar-refractivity contribution in [1.29, 1.82) is 0 Å². The van der Waals surface area contributed by atoms with Crippen LogP contribution in [0.25, 0.3) is 10.4 Å². The van der Waals surface area contributed by atoms with Gasteiger partial charge >= 0.3 is 0 Å². The third-order valence-electron chi connectivity index (χ3n) is 2.61. The molecule has 0 bridgehead atoms. The lowest BCUT2D eigenvalue weighted by Gasteiger charge is -2.14. The molecular weight excluding hydrogens is 220 g/mol. The first kappa shape index (κ1) is 11.2. The molecule has 1 heterocycles. The van der Waals surface area contributed by atoms with Crippen LogP contribution in [0.3, 0.4) is 0 Å². The molecule has 1 aromatic rings. The average Bonchev–Trinajstić information content (AvgIpc) is 2.54. The van der Waals surface area contributed by atoms with Crippen LogP contribution < -0.4 is 4.90 Å². The van der Waals surface area contributed by atoms with E-state index in [1.165, 1.54) is 4.90 Å². The highest BCUT2D eigenvalue weighted by Crippen LogP contribution is 2.29. The maximum absolute atomic E-state index is 11.7. The van der Waals surface area contributed by atoms with Gasteiger partial charge in [-0.25, -0.2) is 0 Å². The number of carbonyl (C=O) groups excluding carboxylic acids is 2. The highest BCUT2D eigenvalue weighted by molar-refractivity contribution is 6.52. The van der Waals surface area contributed by atoms with Crippen molar-refractivity contribution in [3.05, 3.63) is 39.8 Å². The van der Waals surface area contributed by atoms with E-state index in [2.05, 4.69) is 10.0 Å². The lowest BCUT2D eigenvalue weighted by Crippen LogP contribution is -2.31. The van der Waals surface area contributed by atoms with Gasteiger partial charge in [-0.3, -0.25) is 9.59 Å². The van der Waals surface area contributed by atoms with E-state index < -0.39 is 11.7 Å². The number of anilines is 1. The van der Waals surface area contributed by atoms with Crippen molar-refractivity contribution in [1.82, 2.24) is 0 Å². The standard InChI is InChI=1S/C11H10N4O2/c1-7-2-3-9-8(6-7)10(16)11(17)15(9)5-4-13-14-12/h2-3,6H,4-5H2,1H3. The molecular formula is C11H10N4O2. The molecule has 0 spiro atoms. The van der Waals surface area contributed by atoms with Crippen LogP contribution in [0.2, 0.25) is 0 Å². The summed E-state index contributed by atoms with van der Waals surface area (Å²) in [6.07, 6.45) is 0. The largest absolute Gasteiger partial charge is 0.305 e. The van der Waals surface area contributed by atoms with Gasteiger partial charge in [-0.15, -0.1) is 0 Å². The summed E-state index contributed by atoms with van der Waals surface area (Å²) in [7, 11) is 0. The normalized spacial score (nSPS) is 13.6. The fourth-order valence-corrected chi connectivity index (χ4v) is 1.83. The van der Waals surface area contributed by atoms with Crippen molar-refractivity contribution in [2.24, 2.45) is 5.11 Å². The molecule has 0 atom stereocenters. The quantitative estimate of drug-likeness (QED) is 0.343. The number of hydrogen-bond acceptors (Lipinski definition) is 3. The molecule has 0 unspecified atom stereocenters. The monoisotopic (exact) mass is 230 g/mol. The minimum atomic E-state index is -0.557. The predicted octanol–water partition coefficient (Wildman–Crippen LogP) is 1.83. The Labute approximate surface area is 97.5 Å². The number of benzene rings is 1. The van der Waals surface area contributed by atoms with E-state index in [0.29, 0.717) is 11.3 Å². The van der Waals surface area contributed by atoms with Crippen molar-refractivity contribution in [3.63, 3.8) is 0 Å². The minimum Gasteiger partial charge on any atom is -0.305 e. The summed E-state index contributed by atoms with van der Waals surface area (Å²) >= 11 is 0. The molecule has 1 aromatic carbocycles. The van der Waals surface area contributed by atoms with E-state index in [-0.39, 0.29) is 13.1 Å². The van der Waals surface area contributed by atoms with Crippen LogP contribution in [-0.4, -0.2) is 24.8 Å². The Morgan fingerprint density at radius 3 is 2.88 bits per heavy atom. The Morgan fingerprint density at radius 2 is 2.18 bits per heavy atom. The van der Waals surface area contributed by atoms with E-state index in [0.717, 1.165) is 5.56 Å². The minimum absolute atomic E-state index is 0.156. The molecule has 0 aromatic heterocycles. The summed E-state index contributed by atoms with van der Waals surface area (Å²) in [4.78, 5) is 27.4. The van der Waals surface area contributed by atoms with Crippen LogP contribution in [0.4, 0.5) is 5.69 Å². The number of rotatable bonds is 3. The summed E-state index contributed by atoms with van der Waals surface area (Å²) < 4.78 is 0. The first-order valence-electron chi connectivity index (χ1n) is 5.13. The van der Waals surface area contributed by atoms with Crippen LogP contribution in [0, 0.1) is 6.92 Å². The van der Waals surface area contributed by atoms with Crippen molar-refractivity contribution < 1.29 is 9.59 Å². The number of carbonyl (C=O) groups is 2. The molecule has 17 heavy (non-hydrogen) atoms. The maximum Gasteiger partial charge on any atom is 0.299 e. The number of aryl methyl sites for hydroxylation is 1. The van der Waals surface area contributed by atoms with Gasteiger partial charge in [0.25, 0.3) is 11.7 Å². The third kappa shape index (κ3) is 1.86. The zero-order chi connectivity index (χ0) is 12.4. The Hall–Kier alpha value is -2.33. The zero-order valence-electron chi connectivity index (χ0n) is 9.25. The van der Waals surface area contributed by atoms with Crippen LogP contribution in [0.15, 0.2) is 23.3 Å². The number of amides is 1. The van der Waals surface area contributed by atoms with Gasteiger partial charge in [-0.1, -0.05) is 16.7 Å². The smallest absolute Gasteiger partial charge is 0.299 e. The summed E-state index contributed by atoms with van der Waals surface area (Å²) in [6.45, 7) is 2.24. The first-order valence-corrected chi connectivity index (χ1v) is 5.13. The van der Waals surface area contributed by atoms with Gasteiger partial charge < -0.3 is 4.90 Å². The number of hydrogen-bond donors (Lipinski definition) is 0. The molecule has 0 saturated carbocycles. The van der Waals surface area contributed by atoms with Gasteiger partial charge in [0.05, 0.1) is 11.3 Å². The number of fused-ring (bicyclic) bond motifs is 1. The van der Waals surface area contributed by atoms with E-state index in [9.17, 15) is 9.59 Å². The second-order valence-electron chi connectivity index (χ2n) is 3.76. The molecule has 1 aliphatic rings. The van der Waals surface area contributed by atoms with Crippen LogP contribution in [0.1, 0.15) is 15.9 Å². The molecule has 6 heteroatoms. The molecule has 0 aliphatic carbocycles. The van der Waals surface area contributed by atoms with Crippen molar-refractivity contribution in [2.45, 2.75) is 6.92 Å². The molecule has 1 amide bonds. The summed E-state index contributed by atoms with van der Waals surface area (Å²) in [5, 5.41) is 3.36. The van der Waals surface area contributed by atoms with Gasteiger partial charge in [-0.2, -0.15) is 0 Å². The second-order valence-corrected chi connectivity index (χ2v) is 3.76. The average molecular weight is 230 g/mol. The number of nitrogens with zero attached hydrogens (tertiary/aromatic N) is 4. The Balaban J connectivity index is 2.34. The topological polar surface area (TPSA) is 86.1 Å². The maximum atomic E-state index is 11.7. The highest BCUT2D eigenvalue weighted by Gasteiger charge is 2.35. The summed E-state index contributed by atoms with van der Waals surface area (Å²) in [6, 6.07) is 5.28. The van der Waals surface area contributed by atoms with E-state index >= 15 is 0 Å². The van der Waals surface area contributed by atoms with Gasteiger partial charge in [-0.05, 0) is 24.6 Å². The van der Waals surface area contributed by atoms with Crippen molar-refractivity contribution in [2.75, 3.05) is 18.0 Å². The second kappa shape index (κ2) is 4.27. The molecule has 86 valence electrons. The predicted molar refractivity (Wildman–Crippen MR) is 61.9 cm³/mol. The lowest BCUT2D eigenvalue weighted by atomic mass is 10.1. The molecule has 1 aliphatic heterocycles. The summed E-state index contributed by atoms with van der Waals surface area (Å²) in [5.74, 6) is -1.05. The van der Waals surface area contributed by atoms with Crippen molar-refractivity contribution in [3.8, 4) is 0 Å². The lowest BCUT2D eigenvalue weighted by molar-refractivity contribution is -0.114. The Morgan fingerprint density at radius 1 is 1.41 bits per heavy atom. The fraction of sp³-hybridized carbons (Fsp3) is 0.273. The number of azide groups is 1. The van der Waals surface area contributed by atoms with Crippen LogP contribution >= 0.6 is 0 Å². The molecule has 0 saturated heterocycles. The van der Waals surface area contributed by atoms with E-state index in [1.54, 1.807) is 12.1 Å². The summed E-state index contributed by atoms with van der Waals surface area (Å²) in [5.41, 5.74) is 10.1. The third-order valence-corrected chi connectivity index (χ3v) is 2.61. The van der Waals surface area contributed by atoms with Gasteiger partial charge in [0.1, 0.15) is 0 Å². The number of Topliss-reactive ketones (excluding diaryl/α,β-unsaturated/α-hetero) is 1. The molecule has 6 nitrogen and oxygen atoms in total.